The minimum Gasteiger partial charge on any atom is -0.329 e. The van der Waals surface area contributed by atoms with Crippen LogP contribution in [0.4, 0.5) is 0 Å². The Balaban J connectivity index is 2.15. The zero-order valence-corrected chi connectivity index (χ0v) is 12.3. The van der Waals surface area contributed by atoms with E-state index in [0.717, 1.165) is 26.2 Å². The fourth-order valence-corrected chi connectivity index (χ4v) is 2.68. The number of rotatable bonds is 3. The lowest BCUT2D eigenvalue weighted by atomic mass is 9.97. The molecule has 0 aliphatic carbocycles. The smallest absolute Gasteiger partial charge is 0.0342 e. The third-order valence-corrected chi connectivity index (χ3v) is 4.36. The molecular formula is C15H26N4. The highest BCUT2D eigenvalue weighted by molar-refractivity contribution is 5.09. The van der Waals surface area contributed by atoms with E-state index in [1.807, 2.05) is 18.5 Å². The van der Waals surface area contributed by atoms with Crippen LogP contribution in [0.5, 0.6) is 0 Å². The molecule has 4 nitrogen and oxygen atoms in total. The molecule has 2 heterocycles. The summed E-state index contributed by atoms with van der Waals surface area (Å²) >= 11 is 0. The third kappa shape index (κ3) is 3.53. The van der Waals surface area contributed by atoms with Crippen molar-refractivity contribution in [3.05, 3.63) is 30.1 Å². The maximum Gasteiger partial charge on any atom is 0.0342 e. The van der Waals surface area contributed by atoms with Crippen LogP contribution in [0.25, 0.3) is 0 Å². The van der Waals surface area contributed by atoms with Crippen LogP contribution in [0.2, 0.25) is 0 Å². The molecule has 1 aromatic rings. The van der Waals surface area contributed by atoms with Crippen molar-refractivity contribution in [1.29, 1.82) is 0 Å². The average molecular weight is 262 g/mol. The molecule has 0 aromatic carbocycles. The maximum atomic E-state index is 5.93. The number of nitrogens with two attached hydrogens (primary N) is 1. The van der Waals surface area contributed by atoms with Crippen molar-refractivity contribution >= 4 is 0 Å². The second kappa shape index (κ2) is 5.99. The summed E-state index contributed by atoms with van der Waals surface area (Å²) in [4.78, 5) is 9.15. The Bertz CT molecular complexity index is 390. The van der Waals surface area contributed by atoms with Gasteiger partial charge in [-0.05, 0) is 45.5 Å². The summed E-state index contributed by atoms with van der Waals surface area (Å²) in [5.41, 5.74) is 7.40. The molecular weight excluding hydrogens is 236 g/mol. The van der Waals surface area contributed by atoms with Crippen molar-refractivity contribution in [3.63, 3.8) is 0 Å². The SMILES string of the molecule is CN1CCC(C)(C)N(Cc2cccnc2)CC1CN. The van der Waals surface area contributed by atoms with Gasteiger partial charge in [-0.15, -0.1) is 0 Å². The van der Waals surface area contributed by atoms with Gasteiger partial charge in [0, 0.05) is 43.6 Å². The highest BCUT2D eigenvalue weighted by Gasteiger charge is 2.33. The molecule has 2 N–H and O–H groups in total. The molecule has 1 aliphatic rings. The van der Waals surface area contributed by atoms with Crippen molar-refractivity contribution in [1.82, 2.24) is 14.8 Å². The van der Waals surface area contributed by atoms with Crippen LogP contribution >= 0.6 is 0 Å². The van der Waals surface area contributed by atoms with E-state index in [-0.39, 0.29) is 5.54 Å². The summed E-state index contributed by atoms with van der Waals surface area (Å²) in [6, 6.07) is 4.60. The predicted octanol–water partition coefficient (Wildman–Crippen LogP) is 1.33. The molecule has 106 valence electrons. The van der Waals surface area contributed by atoms with Crippen LogP contribution in [0.15, 0.2) is 24.5 Å². The molecule has 19 heavy (non-hydrogen) atoms. The highest BCUT2D eigenvalue weighted by Crippen LogP contribution is 2.25. The standard InChI is InChI=1S/C15H26N4/c1-15(2)6-8-18(3)14(9-16)12-19(15)11-13-5-4-7-17-10-13/h4-5,7,10,14H,6,8-9,11-12,16H2,1-3H3. The van der Waals surface area contributed by atoms with E-state index in [0.29, 0.717) is 6.04 Å². The van der Waals surface area contributed by atoms with E-state index >= 15 is 0 Å². The maximum absolute atomic E-state index is 5.93. The topological polar surface area (TPSA) is 45.4 Å². The first-order valence-corrected chi connectivity index (χ1v) is 7.07. The number of likely N-dealkylation sites (N-methyl/N-ethyl adjacent to an activating group) is 1. The fraction of sp³-hybridized carbons (Fsp3) is 0.667. The van der Waals surface area contributed by atoms with Crippen LogP contribution < -0.4 is 5.73 Å². The van der Waals surface area contributed by atoms with Crippen molar-refractivity contribution in [3.8, 4) is 0 Å². The molecule has 1 aromatic heterocycles. The summed E-state index contributed by atoms with van der Waals surface area (Å²) in [6.07, 6.45) is 4.95. The van der Waals surface area contributed by atoms with Gasteiger partial charge in [0.1, 0.15) is 0 Å². The van der Waals surface area contributed by atoms with Crippen molar-refractivity contribution in [2.45, 2.75) is 38.4 Å². The van der Waals surface area contributed by atoms with Crippen molar-refractivity contribution in [2.75, 3.05) is 26.7 Å². The third-order valence-electron chi connectivity index (χ3n) is 4.36. The van der Waals surface area contributed by atoms with Crippen LogP contribution in [0.1, 0.15) is 25.8 Å². The van der Waals surface area contributed by atoms with E-state index in [1.165, 1.54) is 12.0 Å². The van der Waals surface area contributed by atoms with E-state index in [9.17, 15) is 0 Å². The molecule has 1 aliphatic heterocycles. The second-order valence-corrected chi connectivity index (χ2v) is 6.17. The number of nitrogens with zero attached hydrogens (tertiary/aromatic N) is 3. The quantitative estimate of drug-likeness (QED) is 0.892. The summed E-state index contributed by atoms with van der Waals surface area (Å²) in [5.74, 6) is 0. The van der Waals surface area contributed by atoms with Crippen molar-refractivity contribution < 1.29 is 0 Å². The van der Waals surface area contributed by atoms with Gasteiger partial charge >= 0.3 is 0 Å². The zero-order chi connectivity index (χ0) is 13.9. The molecule has 1 saturated heterocycles. The van der Waals surface area contributed by atoms with Gasteiger partial charge in [-0.1, -0.05) is 6.07 Å². The first kappa shape index (κ1) is 14.4. The summed E-state index contributed by atoms with van der Waals surface area (Å²) < 4.78 is 0. The predicted molar refractivity (Wildman–Crippen MR) is 78.8 cm³/mol. The summed E-state index contributed by atoms with van der Waals surface area (Å²) in [5, 5.41) is 0. The minimum absolute atomic E-state index is 0.202. The van der Waals surface area contributed by atoms with E-state index in [4.69, 9.17) is 5.73 Å². The van der Waals surface area contributed by atoms with Gasteiger partial charge in [0.2, 0.25) is 0 Å². The highest BCUT2D eigenvalue weighted by atomic mass is 15.3. The first-order valence-electron chi connectivity index (χ1n) is 7.07. The van der Waals surface area contributed by atoms with Gasteiger partial charge in [-0.25, -0.2) is 0 Å². The van der Waals surface area contributed by atoms with Gasteiger partial charge in [0.15, 0.2) is 0 Å². The van der Waals surface area contributed by atoms with Crippen molar-refractivity contribution in [2.24, 2.45) is 5.73 Å². The molecule has 1 unspecified atom stereocenters. The minimum atomic E-state index is 0.202. The molecule has 0 bridgehead atoms. The van der Waals surface area contributed by atoms with Gasteiger partial charge in [-0.2, -0.15) is 0 Å². The Hall–Kier alpha value is -0.970. The number of pyridine rings is 1. The first-order chi connectivity index (χ1) is 9.03. The van der Waals surface area contributed by atoms with Gasteiger partial charge in [-0.3, -0.25) is 9.88 Å². The zero-order valence-electron chi connectivity index (χ0n) is 12.3. The second-order valence-electron chi connectivity index (χ2n) is 6.17. The number of hydrogen-bond acceptors (Lipinski definition) is 4. The van der Waals surface area contributed by atoms with E-state index in [1.54, 1.807) is 0 Å². The molecule has 0 amide bonds. The molecule has 1 atom stereocenters. The average Bonchev–Trinajstić information content (AvgIpc) is 2.51. The lowest BCUT2D eigenvalue weighted by Crippen LogP contribution is -2.48. The summed E-state index contributed by atoms with van der Waals surface area (Å²) in [7, 11) is 2.18. The molecule has 2 rings (SSSR count). The Morgan fingerprint density at radius 3 is 2.89 bits per heavy atom. The summed E-state index contributed by atoms with van der Waals surface area (Å²) in [6.45, 7) is 8.46. The lowest BCUT2D eigenvalue weighted by Gasteiger charge is -2.38. The van der Waals surface area contributed by atoms with Gasteiger partial charge in [0.05, 0.1) is 0 Å². The van der Waals surface area contributed by atoms with Gasteiger partial charge in [0.25, 0.3) is 0 Å². The van der Waals surface area contributed by atoms with Crippen LogP contribution in [0.3, 0.4) is 0 Å². The Morgan fingerprint density at radius 2 is 2.26 bits per heavy atom. The van der Waals surface area contributed by atoms with Crippen LogP contribution in [0, 0.1) is 0 Å². The van der Waals surface area contributed by atoms with E-state index < -0.39 is 0 Å². The monoisotopic (exact) mass is 262 g/mol. The Kier molecular flexibility index (Phi) is 4.55. The molecule has 4 heteroatoms. The Labute approximate surface area is 116 Å². The molecule has 0 spiro atoms. The molecule has 1 fully saturated rings. The lowest BCUT2D eigenvalue weighted by molar-refractivity contribution is 0.107. The fourth-order valence-electron chi connectivity index (χ4n) is 2.68. The van der Waals surface area contributed by atoms with Gasteiger partial charge < -0.3 is 10.6 Å². The largest absolute Gasteiger partial charge is 0.329 e. The number of aromatic nitrogens is 1. The molecule has 0 radical (unpaired) electrons. The van der Waals surface area contributed by atoms with E-state index in [2.05, 4.69) is 41.7 Å². The number of hydrogen-bond donors (Lipinski definition) is 1. The normalized spacial score (nSPS) is 25.2. The van der Waals surface area contributed by atoms with Crippen LogP contribution in [-0.4, -0.2) is 53.0 Å². The van der Waals surface area contributed by atoms with Crippen LogP contribution in [-0.2, 0) is 6.54 Å². The molecule has 0 saturated carbocycles. The Morgan fingerprint density at radius 1 is 1.47 bits per heavy atom.